The minimum Gasteiger partial charge on any atom is -0.369 e. The number of anilines is 1. The summed E-state index contributed by atoms with van der Waals surface area (Å²) in [6.07, 6.45) is -0.604. The maximum atomic E-state index is 14.6. The van der Waals surface area contributed by atoms with Crippen molar-refractivity contribution in [3.05, 3.63) is 53.1 Å². The molecule has 1 unspecified atom stereocenters. The third-order valence-electron chi connectivity index (χ3n) is 5.05. The second-order valence-electron chi connectivity index (χ2n) is 6.56. The molecule has 0 aromatic heterocycles. The molecule has 0 spiro atoms. The van der Waals surface area contributed by atoms with Gasteiger partial charge in [0, 0.05) is 43.0 Å². The molecule has 0 saturated carbocycles. The van der Waals surface area contributed by atoms with E-state index in [0.29, 0.717) is 17.0 Å². The van der Waals surface area contributed by atoms with Crippen molar-refractivity contribution in [3.63, 3.8) is 0 Å². The van der Waals surface area contributed by atoms with Crippen molar-refractivity contribution in [1.29, 1.82) is 0 Å². The van der Waals surface area contributed by atoms with Crippen molar-refractivity contribution in [2.75, 3.05) is 37.6 Å². The third kappa shape index (κ3) is 3.99. The van der Waals surface area contributed by atoms with Crippen LogP contribution < -0.4 is 4.90 Å². The zero-order chi connectivity index (χ0) is 17.8. The molecule has 25 heavy (non-hydrogen) atoms. The highest BCUT2D eigenvalue weighted by Crippen LogP contribution is 2.39. The molecule has 1 heterocycles. The Balaban J connectivity index is 2.01. The summed E-state index contributed by atoms with van der Waals surface area (Å²) in [5.74, 6) is 0. The molecule has 0 aliphatic carbocycles. The van der Waals surface area contributed by atoms with Gasteiger partial charge in [-0.3, -0.25) is 0 Å². The van der Waals surface area contributed by atoms with E-state index >= 15 is 0 Å². The zero-order valence-electron chi connectivity index (χ0n) is 15.0. The quantitative estimate of drug-likeness (QED) is 0.687. The summed E-state index contributed by atoms with van der Waals surface area (Å²) in [4.78, 5) is 4.79. The molecule has 0 amide bonds. The predicted octanol–water partition coefficient (Wildman–Crippen LogP) is 5.57. The first kappa shape index (κ1) is 18.2. The Morgan fingerprint density at radius 3 is 2.32 bits per heavy atom. The number of likely N-dealkylation sites (N-methyl/N-ethyl adjacent to an activating group) is 1. The topological polar surface area (TPSA) is 6.48 Å². The highest BCUT2D eigenvalue weighted by Gasteiger charge is 2.21. The minimum absolute atomic E-state index is 0.432. The normalized spacial score (nSPS) is 16.9. The Labute approximate surface area is 155 Å². The van der Waals surface area contributed by atoms with E-state index in [1.165, 1.54) is 0 Å². The molecular weight excluding hydrogens is 335 g/mol. The van der Waals surface area contributed by atoms with E-state index in [9.17, 15) is 4.39 Å². The maximum Gasteiger partial charge on any atom is 0.126 e. The first-order valence-electron chi connectivity index (χ1n) is 9.14. The van der Waals surface area contributed by atoms with Gasteiger partial charge in [-0.25, -0.2) is 4.39 Å². The summed E-state index contributed by atoms with van der Waals surface area (Å²) in [6, 6.07) is 14.1. The van der Waals surface area contributed by atoms with Crippen LogP contribution in [0.1, 0.15) is 32.0 Å². The SMILES string of the molecule is CCC(F)c1cc(N2CCN(CC)CC2)cc(-c2ccccc2)c1Cl. The van der Waals surface area contributed by atoms with E-state index in [2.05, 4.69) is 22.8 Å². The second kappa shape index (κ2) is 8.20. The molecule has 4 heteroatoms. The molecule has 2 aromatic rings. The van der Waals surface area contributed by atoms with Crippen molar-refractivity contribution in [3.8, 4) is 11.1 Å². The third-order valence-corrected chi connectivity index (χ3v) is 5.47. The van der Waals surface area contributed by atoms with Crippen molar-refractivity contribution in [1.82, 2.24) is 4.90 Å². The van der Waals surface area contributed by atoms with Gasteiger partial charge in [0.2, 0.25) is 0 Å². The molecule has 1 fully saturated rings. The second-order valence-corrected chi connectivity index (χ2v) is 6.94. The summed E-state index contributed by atoms with van der Waals surface area (Å²) in [7, 11) is 0. The summed E-state index contributed by atoms with van der Waals surface area (Å²) < 4.78 is 14.6. The van der Waals surface area contributed by atoms with Crippen molar-refractivity contribution < 1.29 is 4.39 Å². The number of halogens is 2. The van der Waals surface area contributed by atoms with Gasteiger partial charge < -0.3 is 9.80 Å². The highest BCUT2D eigenvalue weighted by molar-refractivity contribution is 6.34. The average molecular weight is 361 g/mol. The van der Waals surface area contributed by atoms with Gasteiger partial charge in [-0.15, -0.1) is 0 Å². The molecule has 134 valence electrons. The van der Waals surface area contributed by atoms with E-state index in [-0.39, 0.29) is 0 Å². The standard InChI is InChI=1S/C21H26ClFN2/c1-3-20(23)19-15-17(25-12-10-24(4-2)11-13-25)14-18(21(19)22)16-8-6-5-7-9-16/h5-9,14-15,20H,3-4,10-13H2,1-2H3. The molecule has 3 rings (SSSR count). The number of alkyl halides is 1. The lowest BCUT2D eigenvalue weighted by atomic mass is 9.98. The van der Waals surface area contributed by atoms with Crippen LogP contribution in [0.25, 0.3) is 11.1 Å². The smallest absolute Gasteiger partial charge is 0.126 e. The Hall–Kier alpha value is -1.58. The van der Waals surface area contributed by atoms with Gasteiger partial charge in [0.1, 0.15) is 6.17 Å². The van der Waals surface area contributed by atoms with Crippen LogP contribution in [0.3, 0.4) is 0 Å². The van der Waals surface area contributed by atoms with Gasteiger partial charge in [-0.2, -0.15) is 0 Å². The van der Waals surface area contributed by atoms with Crippen LogP contribution in [0, 0.1) is 0 Å². The molecular formula is C21H26ClFN2. The molecule has 0 radical (unpaired) electrons. The van der Waals surface area contributed by atoms with Crippen molar-refractivity contribution in [2.24, 2.45) is 0 Å². The van der Waals surface area contributed by atoms with Crippen LogP contribution in [-0.2, 0) is 0 Å². The fourth-order valence-corrected chi connectivity index (χ4v) is 3.75. The molecule has 1 aliphatic heterocycles. The first-order valence-corrected chi connectivity index (χ1v) is 9.52. The lowest BCUT2D eigenvalue weighted by Crippen LogP contribution is -2.46. The van der Waals surface area contributed by atoms with Gasteiger partial charge in [0.05, 0.1) is 5.02 Å². The van der Waals surface area contributed by atoms with Crippen molar-refractivity contribution >= 4 is 17.3 Å². The Morgan fingerprint density at radius 1 is 1.04 bits per heavy atom. The highest BCUT2D eigenvalue weighted by atomic mass is 35.5. The Kier molecular flexibility index (Phi) is 5.98. The predicted molar refractivity (Wildman–Crippen MR) is 105 cm³/mol. The fraction of sp³-hybridized carbons (Fsp3) is 0.429. The van der Waals surface area contributed by atoms with Crippen LogP contribution in [0.15, 0.2) is 42.5 Å². The van der Waals surface area contributed by atoms with E-state index < -0.39 is 6.17 Å². The van der Waals surface area contributed by atoms with Gasteiger partial charge in [0.25, 0.3) is 0 Å². The van der Waals surface area contributed by atoms with Crippen LogP contribution in [-0.4, -0.2) is 37.6 Å². The maximum absolute atomic E-state index is 14.6. The van der Waals surface area contributed by atoms with E-state index in [1.807, 2.05) is 43.3 Å². The fourth-order valence-electron chi connectivity index (χ4n) is 3.41. The lowest BCUT2D eigenvalue weighted by Gasteiger charge is -2.36. The van der Waals surface area contributed by atoms with Crippen LogP contribution >= 0.6 is 11.6 Å². The monoisotopic (exact) mass is 360 g/mol. The van der Waals surface area contributed by atoms with Crippen LogP contribution in [0.4, 0.5) is 10.1 Å². The Morgan fingerprint density at radius 2 is 1.72 bits per heavy atom. The number of piperazine rings is 1. The summed E-state index contributed by atoms with van der Waals surface area (Å²) in [6.45, 7) is 9.15. The van der Waals surface area contributed by atoms with Gasteiger partial charge in [0.15, 0.2) is 0 Å². The van der Waals surface area contributed by atoms with Crippen LogP contribution in [0.5, 0.6) is 0 Å². The average Bonchev–Trinajstić information content (AvgIpc) is 2.68. The Bertz CT molecular complexity index is 697. The zero-order valence-corrected chi connectivity index (χ0v) is 15.8. The number of hydrogen-bond donors (Lipinski definition) is 0. The minimum atomic E-state index is -1.04. The van der Waals surface area contributed by atoms with Gasteiger partial charge >= 0.3 is 0 Å². The molecule has 1 saturated heterocycles. The molecule has 2 nitrogen and oxygen atoms in total. The number of nitrogens with zero attached hydrogens (tertiary/aromatic N) is 2. The van der Waals surface area contributed by atoms with E-state index in [1.54, 1.807) is 0 Å². The van der Waals surface area contributed by atoms with Gasteiger partial charge in [-0.05, 0) is 30.7 Å². The molecule has 1 aliphatic rings. The molecule has 1 atom stereocenters. The molecule has 2 aromatic carbocycles. The van der Waals surface area contributed by atoms with Crippen molar-refractivity contribution in [2.45, 2.75) is 26.4 Å². The number of hydrogen-bond acceptors (Lipinski definition) is 2. The van der Waals surface area contributed by atoms with Crippen LogP contribution in [0.2, 0.25) is 5.02 Å². The number of rotatable bonds is 5. The summed E-state index contributed by atoms with van der Waals surface area (Å²) in [5, 5.41) is 0.538. The van der Waals surface area contributed by atoms with E-state index in [4.69, 9.17) is 11.6 Å². The number of benzene rings is 2. The van der Waals surface area contributed by atoms with Gasteiger partial charge in [-0.1, -0.05) is 55.8 Å². The lowest BCUT2D eigenvalue weighted by molar-refractivity contribution is 0.271. The first-order chi connectivity index (χ1) is 12.1. The summed E-state index contributed by atoms with van der Waals surface area (Å²) >= 11 is 6.61. The van der Waals surface area contributed by atoms with E-state index in [0.717, 1.165) is 49.5 Å². The largest absolute Gasteiger partial charge is 0.369 e. The molecule has 0 bridgehead atoms. The molecule has 0 N–H and O–H groups in total. The summed E-state index contributed by atoms with van der Waals surface area (Å²) in [5.41, 5.74) is 3.64.